The molecule has 1 heterocycles. The predicted molar refractivity (Wildman–Crippen MR) is 186 cm³/mol. The highest BCUT2D eigenvalue weighted by Crippen LogP contribution is 2.28. The molecule has 0 amide bonds. The van der Waals surface area contributed by atoms with Gasteiger partial charge in [0.2, 0.25) is 0 Å². The van der Waals surface area contributed by atoms with Gasteiger partial charge in [0.25, 0.3) is 5.54 Å². The van der Waals surface area contributed by atoms with Gasteiger partial charge in [-0.25, -0.2) is 0 Å². The zero-order valence-electron chi connectivity index (χ0n) is 28.9. The monoisotopic (exact) mass is 631 g/mol. The van der Waals surface area contributed by atoms with Gasteiger partial charge in [-0.1, -0.05) is 142 Å². The minimum Gasteiger partial charge on any atom is -0.396 e. The fraction of sp³-hybridized carbons (Fsp3) is 0.811. The van der Waals surface area contributed by atoms with Crippen LogP contribution in [0.5, 0.6) is 0 Å². The van der Waals surface area contributed by atoms with Crippen molar-refractivity contribution in [2.24, 2.45) is 16.5 Å². The molecule has 0 fully saturated rings. The highest BCUT2D eigenvalue weighted by Gasteiger charge is 2.53. The second kappa shape index (κ2) is 24.2. The molecule has 0 aliphatic carbocycles. The van der Waals surface area contributed by atoms with Gasteiger partial charge in [-0.05, 0) is 30.9 Å². The lowest BCUT2D eigenvalue weighted by molar-refractivity contribution is -0.557. The van der Waals surface area contributed by atoms with Gasteiger partial charge in [-0.3, -0.25) is 15.1 Å². The van der Waals surface area contributed by atoms with Crippen molar-refractivity contribution in [2.45, 2.75) is 167 Å². The zero-order valence-corrected chi connectivity index (χ0v) is 28.9. The molecular weight excluding hydrogens is 564 g/mol. The normalized spacial score (nSPS) is 17.8. The van der Waals surface area contributed by atoms with E-state index in [0.29, 0.717) is 30.2 Å². The molecule has 8 nitrogen and oxygen atoms in total. The predicted octanol–water partition coefficient (Wildman–Crippen LogP) is 7.49. The van der Waals surface area contributed by atoms with Crippen LogP contribution in [-0.4, -0.2) is 43.1 Å². The van der Waals surface area contributed by atoms with Crippen molar-refractivity contribution in [3.8, 4) is 0 Å². The lowest BCUT2D eigenvalue weighted by Gasteiger charge is -2.31. The third-order valence-electron chi connectivity index (χ3n) is 9.39. The standard InChI is InChI=1S/C37H66N4O4/c1-3-5-7-9-11-13-15-17-19-21-28-44-30-26-32-24-23-25-33-34(32)35(38)37(41(42)43,36(39)40-33)27-31-45-29-22-20-18-16-14-12-10-8-6-4-2/h23-25,36H,3-22,26-31,38-39H2,1-2H3. The first-order chi connectivity index (χ1) is 22.0. The summed E-state index contributed by atoms with van der Waals surface area (Å²) < 4.78 is 11.8. The summed E-state index contributed by atoms with van der Waals surface area (Å²) >= 11 is 0. The zero-order chi connectivity index (χ0) is 32.6. The van der Waals surface area contributed by atoms with Crippen molar-refractivity contribution >= 4 is 5.70 Å². The number of fused-ring (bicyclic) bond motifs is 1. The van der Waals surface area contributed by atoms with Crippen LogP contribution < -0.4 is 22.0 Å². The Morgan fingerprint density at radius 3 is 1.69 bits per heavy atom. The van der Waals surface area contributed by atoms with Gasteiger partial charge in [-0.2, -0.15) is 0 Å². The van der Waals surface area contributed by atoms with Crippen LogP contribution in [0.15, 0.2) is 23.2 Å². The summed E-state index contributed by atoms with van der Waals surface area (Å²) in [7, 11) is 0. The Morgan fingerprint density at radius 2 is 1.20 bits per heavy atom. The summed E-state index contributed by atoms with van der Waals surface area (Å²) in [5.74, 6) is 0. The molecule has 0 bridgehead atoms. The molecule has 1 aromatic carbocycles. The Hall–Kier alpha value is -2.03. The van der Waals surface area contributed by atoms with Crippen LogP contribution in [0.4, 0.5) is 0 Å². The van der Waals surface area contributed by atoms with Crippen molar-refractivity contribution in [2.75, 3.05) is 26.4 Å². The number of nitro groups is 1. The number of nitrogens with zero attached hydrogens (tertiary/aromatic N) is 2. The van der Waals surface area contributed by atoms with Crippen LogP contribution in [0.2, 0.25) is 0 Å². The number of ether oxygens (including phenoxy) is 2. The van der Waals surface area contributed by atoms with Crippen LogP contribution in [0.1, 0.15) is 154 Å². The number of nitrogens with two attached hydrogens (primary N) is 2. The highest BCUT2D eigenvalue weighted by molar-refractivity contribution is 5.55. The summed E-state index contributed by atoms with van der Waals surface area (Å²) in [6.45, 7) is 6.60. The van der Waals surface area contributed by atoms with Crippen molar-refractivity contribution in [3.63, 3.8) is 0 Å². The van der Waals surface area contributed by atoms with Crippen LogP contribution in [0.3, 0.4) is 0 Å². The Kier molecular flexibility index (Phi) is 21.0. The van der Waals surface area contributed by atoms with E-state index >= 15 is 0 Å². The summed E-state index contributed by atoms with van der Waals surface area (Å²) in [6.07, 6.45) is 25.1. The number of benzene rings is 1. The number of rotatable bonds is 29. The van der Waals surface area contributed by atoms with Crippen LogP contribution in [-0.2, 0) is 15.9 Å². The second-order valence-corrected chi connectivity index (χ2v) is 13.1. The van der Waals surface area contributed by atoms with Crippen LogP contribution >= 0.6 is 0 Å². The van der Waals surface area contributed by atoms with E-state index < -0.39 is 11.7 Å². The topological polar surface area (TPSA) is 126 Å². The van der Waals surface area contributed by atoms with Crippen LogP contribution in [0, 0.1) is 10.1 Å². The van der Waals surface area contributed by atoms with Gasteiger partial charge in [0.05, 0.1) is 30.7 Å². The number of unbranched alkanes of at least 4 members (excludes halogenated alkanes) is 18. The molecule has 45 heavy (non-hydrogen) atoms. The molecule has 0 saturated carbocycles. The minimum absolute atomic E-state index is 0.0945. The molecule has 0 aromatic heterocycles. The lowest BCUT2D eigenvalue weighted by atomic mass is 9.85. The third-order valence-corrected chi connectivity index (χ3v) is 9.39. The van der Waals surface area contributed by atoms with E-state index in [1.807, 2.05) is 18.2 Å². The SMILES string of the molecule is CCCCCCCCCCCCOCCc1cccc2c1=C(N)C(CCOCCCCCCCCCCCC)([N+](=O)[O-])C(N)N=2. The van der Waals surface area contributed by atoms with Crippen LogP contribution in [0.25, 0.3) is 5.70 Å². The largest absolute Gasteiger partial charge is 0.396 e. The molecule has 2 unspecified atom stereocenters. The Morgan fingerprint density at radius 1 is 0.733 bits per heavy atom. The summed E-state index contributed by atoms with van der Waals surface area (Å²) in [6, 6.07) is 5.71. The molecule has 1 aliphatic rings. The van der Waals surface area contributed by atoms with E-state index in [1.165, 1.54) is 109 Å². The quantitative estimate of drug-likeness (QED) is 0.0536. The molecule has 1 aromatic rings. The Bertz CT molecular complexity index is 1050. The summed E-state index contributed by atoms with van der Waals surface area (Å²) in [5.41, 5.74) is 12.4. The van der Waals surface area contributed by atoms with E-state index in [0.717, 1.165) is 31.4 Å². The molecule has 1 aliphatic heterocycles. The maximum atomic E-state index is 12.5. The van der Waals surface area contributed by atoms with Gasteiger partial charge in [0.15, 0.2) is 6.17 Å². The van der Waals surface area contributed by atoms with E-state index in [1.54, 1.807) is 0 Å². The average molecular weight is 631 g/mol. The average Bonchev–Trinajstić information content (AvgIpc) is 3.02. The van der Waals surface area contributed by atoms with Crippen molar-refractivity contribution in [1.82, 2.24) is 0 Å². The smallest absolute Gasteiger partial charge is 0.298 e. The molecule has 2 atom stereocenters. The first kappa shape index (κ1) is 39.1. The van der Waals surface area contributed by atoms with E-state index in [9.17, 15) is 10.1 Å². The molecule has 8 heteroatoms. The number of hydrogen-bond acceptors (Lipinski definition) is 7. The van der Waals surface area contributed by atoms with Crippen molar-refractivity contribution in [3.05, 3.63) is 44.5 Å². The molecule has 0 saturated heterocycles. The molecule has 4 N–H and O–H groups in total. The molecule has 258 valence electrons. The van der Waals surface area contributed by atoms with Crippen molar-refractivity contribution in [1.29, 1.82) is 0 Å². The van der Waals surface area contributed by atoms with E-state index in [2.05, 4.69) is 18.8 Å². The van der Waals surface area contributed by atoms with Gasteiger partial charge in [0.1, 0.15) is 0 Å². The van der Waals surface area contributed by atoms with E-state index in [-0.39, 0.29) is 23.6 Å². The third kappa shape index (κ3) is 14.1. The molecular formula is C37H66N4O4. The fourth-order valence-corrected chi connectivity index (χ4v) is 6.42. The van der Waals surface area contributed by atoms with Gasteiger partial charge in [0, 0.05) is 23.4 Å². The fourth-order valence-electron chi connectivity index (χ4n) is 6.42. The summed E-state index contributed by atoms with van der Waals surface area (Å²) in [4.78, 5) is 16.8. The lowest BCUT2D eigenvalue weighted by Crippen LogP contribution is -2.62. The minimum atomic E-state index is -1.68. The van der Waals surface area contributed by atoms with Gasteiger partial charge < -0.3 is 20.9 Å². The Labute approximate surface area is 274 Å². The second-order valence-electron chi connectivity index (χ2n) is 13.1. The maximum Gasteiger partial charge on any atom is 0.298 e. The summed E-state index contributed by atoms with van der Waals surface area (Å²) in [5, 5.41) is 13.8. The van der Waals surface area contributed by atoms with Crippen molar-refractivity contribution < 1.29 is 14.4 Å². The van der Waals surface area contributed by atoms with E-state index in [4.69, 9.17) is 20.9 Å². The van der Waals surface area contributed by atoms with Gasteiger partial charge >= 0.3 is 0 Å². The molecule has 0 spiro atoms. The first-order valence-electron chi connectivity index (χ1n) is 18.5. The number of hydrogen-bond donors (Lipinski definition) is 2. The first-order valence-corrected chi connectivity index (χ1v) is 18.5. The highest BCUT2D eigenvalue weighted by atomic mass is 16.6. The van der Waals surface area contributed by atoms with Gasteiger partial charge in [-0.15, -0.1) is 0 Å². The maximum absolute atomic E-state index is 12.5. The molecule has 2 rings (SSSR count). The molecule has 0 radical (unpaired) electrons. The Balaban J connectivity index is 1.78.